The monoisotopic (exact) mass is 1110 g/mol. The second-order valence-corrected chi connectivity index (χ2v) is 22.5. The quantitative estimate of drug-likeness (QED) is 0.0195. The molecule has 1 aliphatic rings. The van der Waals surface area contributed by atoms with E-state index in [4.69, 9.17) is 14.2 Å². The third kappa shape index (κ3) is 46.3. The van der Waals surface area contributed by atoms with Crippen molar-refractivity contribution in [3.05, 3.63) is 72.9 Å². The number of aliphatic hydroxyl groups is 5. The highest BCUT2D eigenvalue weighted by Crippen LogP contribution is 2.23. The topological polar surface area (TPSA) is 175 Å². The Balaban J connectivity index is 1.96. The number of aliphatic hydroxyl groups excluding tert-OH is 5. The maximum atomic E-state index is 13.0. The normalized spacial score (nSPS) is 18.9. The predicted molar refractivity (Wildman–Crippen MR) is 329 cm³/mol. The van der Waals surface area contributed by atoms with Crippen LogP contribution in [0.4, 0.5) is 0 Å². The molecule has 1 amide bonds. The summed E-state index contributed by atoms with van der Waals surface area (Å²) in [5, 5.41) is 54.2. The van der Waals surface area contributed by atoms with Crippen molar-refractivity contribution in [2.45, 2.75) is 326 Å². The molecule has 0 aromatic rings. The van der Waals surface area contributed by atoms with Crippen LogP contribution in [0, 0.1) is 0 Å². The molecule has 1 saturated heterocycles. The summed E-state index contributed by atoms with van der Waals surface area (Å²) in [4.78, 5) is 25.1. The molecule has 0 aliphatic carbocycles. The number of unbranched alkanes of at least 4 members (excludes halogenated alkanes) is 33. The Kier molecular flexibility index (Phi) is 53.4. The maximum Gasteiger partial charge on any atom is 0.305 e. The zero-order chi connectivity index (χ0) is 57.3. The number of amides is 1. The molecule has 1 fully saturated rings. The summed E-state index contributed by atoms with van der Waals surface area (Å²) in [5.74, 6) is -0.213. The van der Waals surface area contributed by atoms with Crippen LogP contribution in [0.5, 0.6) is 0 Å². The molecular weight excluding hydrogens is 991 g/mol. The highest BCUT2D eigenvalue weighted by Gasteiger charge is 2.44. The second kappa shape index (κ2) is 56.9. The van der Waals surface area contributed by atoms with Crippen molar-refractivity contribution < 1.29 is 49.3 Å². The van der Waals surface area contributed by atoms with E-state index in [-0.39, 0.29) is 18.5 Å². The first kappa shape index (κ1) is 74.1. The van der Waals surface area contributed by atoms with Crippen molar-refractivity contribution in [1.29, 1.82) is 0 Å². The van der Waals surface area contributed by atoms with Crippen molar-refractivity contribution in [3.8, 4) is 0 Å². The highest BCUT2D eigenvalue weighted by atomic mass is 16.7. The number of hydrogen-bond acceptors (Lipinski definition) is 10. The lowest BCUT2D eigenvalue weighted by Gasteiger charge is -2.40. The van der Waals surface area contributed by atoms with E-state index in [1.807, 2.05) is 19.1 Å². The van der Waals surface area contributed by atoms with Crippen molar-refractivity contribution in [2.24, 2.45) is 0 Å². The van der Waals surface area contributed by atoms with E-state index in [9.17, 15) is 35.1 Å². The van der Waals surface area contributed by atoms with Gasteiger partial charge in [0.25, 0.3) is 0 Å². The van der Waals surface area contributed by atoms with Crippen LogP contribution in [0.25, 0.3) is 0 Å². The Morgan fingerprint density at radius 2 is 0.911 bits per heavy atom. The van der Waals surface area contributed by atoms with Crippen molar-refractivity contribution in [2.75, 3.05) is 19.8 Å². The zero-order valence-electron chi connectivity index (χ0n) is 50.6. The molecule has 1 heterocycles. The number of ether oxygens (including phenoxy) is 3. The second-order valence-electron chi connectivity index (χ2n) is 22.5. The van der Waals surface area contributed by atoms with E-state index in [0.29, 0.717) is 19.4 Å². The summed E-state index contributed by atoms with van der Waals surface area (Å²) in [6, 6.07) is -0.836. The standard InChI is InChI=1S/C68H121NO10/c1-3-5-7-9-11-13-14-15-16-30-33-36-40-44-48-52-56-64(73)77-57-53-49-45-41-37-34-31-28-26-24-22-20-18-17-19-21-23-25-27-29-32-35-39-43-47-51-55-63(72)69-60(61(71)54-50-46-42-38-12-10-8-6-4-2)59-78-68-67(76)66(75)65(74)62(58-70)79-68/h4,6,12-14,16-17,19,30,38,50,54,60-62,65-68,70-71,74-76H,3,5,7-11,15,18,20-29,31-37,39-49,51-53,55-59H2,1-2H3,(H,69,72)/b6-4+,14-13-,19-17-,30-16-,38-12+,54-50+. The molecule has 7 atom stereocenters. The number of carbonyl (C=O) groups excluding carboxylic acids is 2. The van der Waals surface area contributed by atoms with E-state index in [0.717, 1.165) is 77.0 Å². The summed E-state index contributed by atoms with van der Waals surface area (Å²) in [6.45, 7) is 4.07. The Morgan fingerprint density at radius 3 is 1.41 bits per heavy atom. The SMILES string of the molecule is C/C=C/CC/C=C/CC/C=C/C(O)C(COC1OC(CO)C(O)C(O)C1O)NC(=O)CCCCCCCCCCCC/C=C\CCCCCCCCCCCCCCOC(=O)CCCCCCC/C=C\C/C=C\CCCCCC. The number of allylic oxidation sites excluding steroid dienone is 11. The van der Waals surface area contributed by atoms with E-state index in [1.54, 1.807) is 6.08 Å². The number of nitrogens with one attached hydrogen (secondary N) is 1. The van der Waals surface area contributed by atoms with Gasteiger partial charge in [0.05, 0.1) is 32.0 Å². The Hall–Kier alpha value is -2.90. The van der Waals surface area contributed by atoms with Crippen molar-refractivity contribution in [1.82, 2.24) is 5.32 Å². The first-order chi connectivity index (χ1) is 38.7. The van der Waals surface area contributed by atoms with Gasteiger partial charge in [0.2, 0.25) is 5.91 Å². The van der Waals surface area contributed by atoms with Gasteiger partial charge in [-0.05, 0) is 110 Å². The van der Waals surface area contributed by atoms with Gasteiger partial charge in [0.1, 0.15) is 24.4 Å². The molecule has 0 aromatic heterocycles. The molecule has 0 aromatic carbocycles. The summed E-state index contributed by atoms with van der Waals surface area (Å²) >= 11 is 0. The van der Waals surface area contributed by atoms with Crippen LogP contribution in [-0.4, -0.2) is 100 Å². The molecule has 0 saturated carbocycles. The van der Waals surface area contributed by atoms with Gasteiger partial charge in [0.15, 0.2) is 6.29 Å². The first-order valence-corrected chi connectivity index (χ1v) is 32.7. The van der Waals surface area contributed by atoms with Crippen LogP contribution in [0.3, 0.4) is 0 Å². The van der Waals surface area contributed by atoms with Gasteiger partial charge in [-0.15, -0.1) is 0 Å². The molecule has 0 radical (unpaired) electrons. The molecule has 458 valence electrons. The van der Waals surface area contributed by atoms with Gasteiger partial charge in [-0.1, -0.05) is 234 Å². The first-order valence-electron chi connectivity index (χ1n) is 32.7. The van der Waals surface area contributed by atoms with Gasteiger partial charge in [-0.2, -0.15) is 0 Å². The molecule has 7 unspecified atom stereocenters. The fourth-order valence-corrected chi connectivity index (χ4v) is 9.91. The number of esters is 1. The predicted octanol–water partition coefficient (Wildman–Crippen LogP) is 16.0. The maximum absolute atomic E-state index is 13.0. The number of hydrogen-bond donors (Lipinski definition) is 6. The molecule has 0 bridgehead atoms. The van der Waals surface area contributed by atoms with Crippen LogP contribution in [-0.2, 0) is 23.8 Å². The summed E-state index contributed by atoms with van der Waals surface area (Å²) in [6.07, 6.45) is 66.2. The van der Waals surface area contributed by atoms with Gasteiger partial charge in [-0.3, -0.25) is 9.59 Å². The van der Waals surface area contributed by atoms with E-state index in [2.05, 4.69) is 66.9 Å². The minimum atomic E-state index is -1.58. The van der Waals surface area contributed by atoms with Crippen molar-refractivity contribution >= 4 is 11.9 Å². The summed E-state index contributed by atoms with van der Waals surface area (Å²) in [7, 11) is 0. The lowest BCUT2D eigenvalue weighted by molar-refractivity contribution is -0.302. The van der Waals surface area contributed by atoms with Crippen LogP contribution < -0.4 is 5.32 Å². The molecule has 11 heteroatoms. The van der Waals surface area contributed by atoms with E-state index in [1.165, 1.54) is 180 Å². The van der Waals surface area contributed by atoms with Gasteiger partial charge < -0.3 is 45.1 Å². The van der Waals surface area contributed by atoms with Gasteiger partial charge >= 0.3 is 5.97 Å². The third-order valence-electron chi connectivity index (χ3n) is 15.1. The van der Waals surface area contributed by atoms with Crippen LogP contribution in [0.1, 0.15) is 284 Å². The van der Waals surface area contributed by atoms with Crippen molar-refractivity contribution in [3.63, 3.8) is 0 Å². The molecule has 11 nitrogen and oxygen atoms in total. The molecule has 1 aliphatic heterocycles. The van der Waals surface area contributed by atoms with Gasteiger partial charge in [0, 0.05) is 12.8 Å². The Labute approximate surface area is 483 Å². The molecule has 1 rings (SSSR count). The molecule has 6 N–H and O–H groups in total. The summed E-state index contributed by atoms with van der Waals surface area (Å²) in [5.41, 5.74) is 0. The lowest BCUT2D eigenvalue weighted by atomic mass is 9.99. The largest absolute Gasteiger partial charge is 0.466 e. The minimum absolute atomic E-state index is 0.0106. The van der Waals surface area contributed by atoms with Crippen LogP contribution in [0.2, 0.25) is 0 Å². The number of carbonyl (C=O) groups is 2. The molecule has 79 heavy (non-hydrogen) atoms. The van der Waals surface area contributed by atoms with Crippen LogP contribution >= 0.6 is 0 Å². The van der Waals surface area contributed by atoms with Gasteiger partial charge in [-0.25, -0.2) is 0 Å². The minimum Gasteiger partial charge on any atom is -0.466 e. The highest BCUT2D eigenvalue weighted by molar-refractivity contribution is 5.76. The molecule has 0 spiro atoms. The van der Waals surface area contributed by atoms with E-state index >= 15 is 0 Å². The molecular formula is C68H121NO10. The summed E-state index contributed by atoms with van der Waals surface area (Å²) < 4.78 is 16.7. The smallest absolute Gasteiger partial charge is 0.305 e. The van der Waals surface area contributed by atoms with E-state index < -0.39 is 49.5 Å². The number of rotatable bonds is 56. The van der Waals surface area contributed by atoms with Crippen LogP contribution in [0.15, 0.2) is 72.9 Å². The third-order valence-corrected chi connectivity index (χ3v) is 15.1. The fourth-order valence-electron chi connectivity index (χ4n) is 9.91. The average Bonchev–Trinajstić information content (AvgIpc) is 3.45. The zero-order valence-corrected chi connectivity index (χ0v) is 50.6. The average molecular weight is 1110 g/mol. The fraction of sp³-hybridized carbons (Fsp3) is 0.794. The Morgan fingerprint density at radius 1 is 0.494 bits per heavy atom. The Bertz CT molecular complexity index is 1540. The lowest BCUT2D eigenvalue weighted by Crippen LogP contribution is -2.60.